The minimum atomic E-state index is -0.153. The lowest BCUT2D eigenvalue weighted by atomic mass is 9.95. The van der Waals surface area contributed by atoms with E-state index in [-0.39, 0.29) is 17.2 Å². The summed E-state index contributed by atoms with van der Waals surface area (Å²) < 4.78 is 0. The van der Waals surface area contributed by atoms with Crippen LogP contribution >= 0.6 is 0 Å². The highest BCUT2D eigenvalue weighted by molar-refractivity contribution is 5.78. The van der Waals surface area contributed by atoms with Crippen molar-refractivity contribution in [2.24, 2.45) is 0 Å². The van der Waals surface area contributed by atoms with Gasteiger partial charge >= 0.3 is 0 Å². The molecule has 0 fully saturated rings. The first kappa shape index (κ1) is 13.3. The van der Waals surface area contributed by atoms with Crippen LogP contribution < -0.4 is 0 Å². The van der Waals surface area contributed by atoms with Gasteiger partial charge in [0.25, 0.3) is 0 Å². The molecule has 0 aromatic heterocycles. The summed E-state index contributed by atoms with van der Waals surface area (Å²) in [5.41, 5.74) is 3.58. The van der Waals surface area contributed by atoms with E-state index < -0.39 is 0 Å². The van der Waals surface area contributed by atoms with E-state index in [1.165, 1.54) is 23.3 Å². The molecule has 0 aliphatic carbocycles. The average molecular weight is 258 g/mol. The zero-order valence-corrected chi connectivity index (χ0v) is 11.1. The summed E-state index contributed by atoms with van der Waals surface area (Å²) in [6.45, 7) is 4.18. The zero-order chi connectivity index (χ0) is 14.0. The minimum absolute atomic E-state index is 0.121. The van der Waals surface area contributed by atoms with Crippen LogP contribution in [-0.4, -0.2) is 15.3 Å². The Bertz CT molecular complexity index is 580. The summed E-state index contributed by atoms with van der Waals surface area (Å²) in [5.74, 6) is -0.396. The molecule has 0 heterocycles. The van der Waals surface area contributed by atoms with E-state index in [2.05, 4.69) is 13.8 Å². The lowest BCUT2D eigenvalue weighted by Crippen LogP contribution is -1.92. The molecule has 100 valence electrons. The third-order valence-electron chi connectivity index (χ3n) is 3.34. The van der Waals surface area contributed by atoms with Crippen LogP contribution in [0.15, 0.2) is 30.3 Å². The predicted molar refractivity (Wildman–Crippen MR) is 75.6 cm³/mol. The number of phenolic OH excluding ortho intramolecular Hbond substituents is 3. The molecule has 0 bridgehead atoms. The average Bonchev–Trinajstić information content (AvgIpc) is 2.37. The van der Waals surface area contributed by atoms with E-state index in [4.69, 9.17) is 0 Å². The maximum atomic E-state index is 9.90. The predicted octanol–water partition coefficient (Wildman–Crippen LogP) is 3.60. The van der Waals surface area contributed by atoms with Gasteiger partial charge in [0, 0.05) is 12.1 Å². The molecule has 0 aliphatic heterocycles. The number of hydrogen-bond donors (Lipinski definition) is 3. The Morgan fingerprint density at radius 2 is 1.37 bits per heavy atom. The Morgan fingerprint density at radius 3 is 1.89 bits per heavy atom. The summed E-state index contributed by atoms with van der Waals surface area (Å²) >= 11 is 0. The Balaban J connectivity index is 2.59. The zero-order valence-electron chi connectivity index (χ0n) is 11.1. The molecule has 19 heavy (non-hydrogen) atoms. The molecular formula is C16H18O3. The molecule has 0 atom stereocenters. The van der Waals surface area contributed by atoms with Crippen LogP contribution in [0.2, 0.25) is 0 Å². The first-order valence-corrected chi connectivity index (χ1v) is 6.43. The van der Waals surface area contributed by atoms with Crippen LogP contribution in [0.4, 0.5) is 0 Å². The molecular weight excluding hydrogens is 240 g/mol. The van der Waals surface area contributed by atoms with Crippen molar-refractivity contribution in [3.05, 3.63) is 41.5 Å². The summed E-state index contributed by atoms with van der Waals surface area (Å²) in [5, 5.41) is 29.1. The normalized spacial score (nSPS) is 10.6. The van der Waals surface area contributed by atoms with E-state index in [1.807, 2.05) is 18.2 Å². The second-order valence-corrected chi connectivity index (χ2v) is 4.55. The van der Waals surface area contributed by atoms with Gasteiger partial charge in [-0.2, -0.15) is 0 Å². The fourth-order valence-electron chi connectivity index (χ4n) is 2.35. The van der Waals surface area contributed by atoms with Crippen LogP contribution in [0.5, 0.6) is 17.2 Å². The molecule has 3 nitrogen and oxygen atoms in total. The van der Waals surface area contributed by atoms with Crippen molar-refractivity contribution in [1.82, 2.24) is 0 Å². The molecule has 0 saturated heterocycles. The topological polar surface area (TPSA) is 60.7 Å². The third kappa shape index (κ3) is 2.50. The largest absolute Gasteiger partial charge is 0.508 e. The van der Waals surface area contributed by atoms with Gasteiger partial charge in [-0.05, 0) is 29.5 Å². The van der Waals surface area contributed by atoms with Crippen molar-refractivity contribution < 1.29 is 15.3 Å². The van der Waals surface area contributed by atoms with Crippen molar-refractivity contribution in [2.45, 2.75) is 26.7 Å². The fourth-order valence-corrected chi connectivity index (χ4v) is 2.35. The maximum Gasteiger partial charge on any atom is 0.130 e. The third-order valence-corrected chi connectivity index (χ3v) is 3.34. The van der Waals surface area contributed by atoms with Gasteiger partial charge in [0.2, 0.25) is 0 Å². The smallest absolute Gasteiger partial charge is 0.130 e. The van der Waals surface area contributed by atoms with Gasteiger partial charge < -0.3 is 15.3 Å². The minimum Gasteiger partial charge on any atom is -0.508 e. The van der Waals surface area contributed by atoms with E-state index >= 15 is 0 Å². The first-order chi connectivity index (χ1) is 9.06. The second kappa shape index (κ2) is 5.22. The standard InChI is InChI=1S/C16H18O3/c1-3-10-5-6-12(7-11(10)4-2)16-14(18)8-13(17)9-15(16)19/h5-9,17-19H,3-4H2,1-2H3. The molecule has 2 aromatic carbocycles. The number of rotatable bonds is 3. The van der Waals surface area contributed by atoms with Gasteiger partial charge in [-0.25, -0.2) is 0 Å². The lowest BCUT2D eigenvalue weighted by Gasteiger charge is -2.12. The number of hydrogen-bond acceptors (Lipinski definition) is 3. The molecule has 3 N–H and O–H groups in total. The molecule has 3 heteroatoms. The Morgan fingerprint density at radius 1 is 0.789 bits per heavy atom. The molecule has 0 radical (unpaired) electrons. The van der Waals surface area contributed by atoms with E-state index in [0.717, 1.165) is 18.4 Å². The first-order valence-electron chi connectivity index (χ1n) is 6.43. The summed E-state index contributed by atoms with van der Waals surface area (Å²) in [7, 11) is 0. The number of phenols is 3. The maximum absolute atomic E-state index is 9.90. The van der Waals surface area contributed by atoms with E-state index in [9.17, 15) is 15.3 Å². The Labute approximate surface area is 112 Å². The number of benzene rings is 2. The number of aryl methyl sites for hydroxylation is 2. The second-order valence-electron chi connectivity index (χ2n) is 4.55. The lowest BCUT2D eigenvalue weighted by molar-refractivity contribution is 0.430. The van der Waals surface area contributed by atoms with Crippen LogP contribution in [0.3, 0.4) is 0 Å². The molecule has 2 aromatic rings. The van der Waals surface area contributed by atoms with Crippen LogP contribution in [0.1, 0.15) is 25.0 Å². The van der Waals surface area contributed by atoms with Crippen molar-refractivity contribution in [3.8, 4) is 28.4 Å². The quantitative estimate of drug-likeness (QED) is 0.788. The molecule has 0 amide bonds. The Hall–Kier alpha value is -2.16. The van der Waals surface area contributed by atoms with Crippen LogP contribution in [0.25, 0.3) is 11.1 Å². The van der Waals surface area contributed by atoms with E-state index in [0.29, 0.717) is 5.56 Å². The van der Waals surface area contributed by atoms with Crippen molar-refractivity contribution in [2.75, 3.05) is 0 Å². The van der Waals surface area contributed by atoms with Crippen molar-refractivity contribution in [1.29, 1.82) is 0 Å². The van der Waals surface area contributed by atoms with Gasteiger partial charge in [-0.15, -0.1) is 0 Å². The Kier molecular flexibility index (Phi) is 3.65. The monoisotopic (exact) mass is 258 g/mol. The molecule has 0 aliphatic rings. The van der Waals surface area contributed by atoms with E-state index in [1.54, 1.807) is 0 Å². The van der Waals surface area contributed by atoms with Crippen molar-refractivity contribution >= 4 is 0 Å². The van der Waals surface area contributed by atoms with Crippen molar-refractivity contribution in [3.63, 3.8) is 0 Å². The van der Waals surface area contributed by atoms with Crippen LogP contribution in [-0.2, 0) is 12.8 Å². The van der Waals surface area contributed by atoms with Gasteiger partial charge in [0.15, 0.2) is 0 Å². The molecule has 0 saturated carbocycles. The fraction of sp³-hybridized carbons (Fsp3) is 0.250. The number of aromatic hydroxyl groups is 3. The van der Waals surface area contributed by atoms with Gasteiger partial charge in [-0.1, -0.05) is 32.0 Å². The highest BCUT2D eigenvalue weighted by Crippen LogP contribution is 2.40. The molecule has 0 unspecified atom stereocenters. The summed E-state index contributed by atoms with van der Waals surface area (Å²) in [6, 6.07) is 8.33. The SMILES string of the molecule is CCc1ccc(-c2c(O)cc(O)cc2O)cc1CC. The van der Waals surface area contributed by atoms with Gasteiger partial charge in [-0.3, -0.25) is 0 Å². The summed E-state index contributed by atoms with van der Waals surface area (Å²) in [6.07, 6.45) is 1.85. The highest BCUT2D eigenvalue weighted by atomic mass is 16.3. The molecule has 2 rings (SSSR count). The summed E-state index contributed by atoms with van der Waals surface area (Å²) in [4.78, 5) is 0. The van der Waals surface area contributed by atoms with Gasteiger partial charge in [0.1, 0.15) is 17.2 Å². The molecule has 0 spiro atoms. The highest BCUT2D eigenvalue weighted by Gasteiger charge is 2.13. The van der Waals surface area contributed by atoms with Crippen LogP contribution in [0, 0.1) is 0 Å². The van der Waals surface area contributed by atoms with Gasteiger partial charge in [0.05, 0.1) is 5.56 Å².